The maximum Gasteiger partial charge on any atom is 0.261 e. The number of ether oxygens (including phenoxy) is 1. The first kappa shape index (κ1) is 27.0. The molecule has 0 spiro atoms. The van der Waals surface area contributed by atoms with Gasteiger partial charge in [-0.2, -0.15) is 0 Å². The summed E-state index contributed by atoms with van der Waals surface area (Å²) in [4.78, 5) is 29.0. The van der Waals surface area contributed by atoms with Gasteiger partial charge in [-0.1, -0.05) is 90.1 Å². The maximum absolute atomic E-state index is 13.7. The number of nitrogens with one attached hydrogen (secondary N) is 1. The normalized spacial score (nSPS) is 14.2. The third kappa shape index (κ3) is 7.73. The average Bonchev–Trinajstić information content (AvgIpc) is 3.40. The first-order chi connectivity index (χ1) is 17.9. The largest absolute Gasteiger partial charge is 0.484 e. The number of carbonyl (C=O) groups excluding carboxylic acids is 2. The van der Waals surface area contributed by atoms with Gasteiger partial charge < -0.3 is 15.0 Å². The van der Waals surface area contributed by atoms with Crippen molar-refractivity contribution in [2.24, 2.45) is 0 Å². The summed E-state index contributed by atoms with van der Waals surface area (Å²) in [5.74, 6) is 0.136. The van der Waals surface area contributed by atoms with Crippen LogP contribution in [0.2, 0.25) is 10.0 Å². The fraction of sp³-hybridized carbons (Fsp3) is 0.333. The summed E-state index contributed by atoms with van der Waals surface area (Å²) in [6.07, 6.45) is 4.49. The molecular weight excluding hydrogens is 507 g/mol. The van der Waals surface area contributed by atoms with Crippen LogP contribution in [0, 0.1) is 6.92 Å². The van der Waals surface area contributed by atoms with Gasteiger partial charge in [0.2, 0.25) is 5.91 Å². The van der Waals surface area contributed by atoms with E-state index < -0.39 is 6.04 Å². The SMILES string of the molecule is Cc1ccc(OCC(=O)N(Cc2ccc(Cl)cc2Cl)[C@H](Cc2ccccc2)C(=O)NC2CCCC2)cc1. The Morgan fingerprint density at radius 1 is 1.00 bits per heavy atom. The van der Waals surface area contributed by atoms with Crippen LogP contribution in [0.3, 0.4) is 0 Å². The molecule has 1 aliphatic rings. The molecule has 7 heteroatoms. The summed E-state index contributed by atoms with van der Waals surface area (Å²) in [6, 6.07) is 21.8. The molecular formula is C30H32Cl2N2O3. The zero-order valence-corrected chi connectivity index (χ0v) is 22.5. The van der Waals surface area contributed by atoms with E-state index in [-0.39, 0.29) is 31.0 Å². The zero-order chi connectivity index (χ0) is 26.2. The quantitative estimate of drug-likeness (QED) is 0.325. The van der Waals surface area contributed by atoms with Crippen molar-refractivity contribution in [3.63, 3.8) is 0 Å². The summed E-state index contributed by atoms with van der Waals surface area (Å²) in [6.45, 7) is 1.95. The molecule has 0 aromatic heterocycles. The minimum absolute atomic E-state index is 0.130. The Hall–Kier alpha value is -3.02. The second-order valence-electron chi connectivity index (χ2n) is 9.55. The summed E-state index contributed by atoms with van der Waals surface area (Å²) < 4.78 is 5.83. The van der Waals surface area contributed by atoms with E-state index in [4.69, 9.17) is 27.9 Å². The molecule has 1 aliphatic carbocycles. The second-order valence-corrected chi connectivity index (χ2v) is 10.4. The molecule has 2 amide bonds. The number of aryl methyl sites for hydroxylation is 1. The van der Waals surface area contributed by atoms with Crippen molar-refractivity contribution in [3.8, 4) is 5.75 Å². The first-order valence-electron chi connectivity index (χ1n) is 12.7. The molecule has 1 atom stereocenters. The fourth-order valence-electron chi connectivity index (χ4n) is 4.62. The maximum atomic E-state index is 13.7. The van der Waals surface area contributed by atoms with E-state index in [2.05, 4.69) is 5.32 Å². The van der Waals surface area contributed by atoms with Crippen LogP contribution in [-0.4, -0.2) is 35.4 Å². The van der Waals surface area contributed by atoms with Gasteiger partial charge in [-0.25, -0.2) is 0 Å². The summed E-state index contributed by atoms with van der Waals surface area (Å²) in [5, 5.41) is 4.15. The van der Waals surface area contributed by atoms with E-state index in [0.29, 0.717) is 27.8 Å². The van der Waals surface area contributed by atoms with Crippen molar-refractivity contribution < 1.29 is 14.3 Å². The summed E-state index contributed by atoms with van der Waals surface area (Å²) in [7, 11) is 0. The molecule has 0 saturated heterocycles. The number of hydrogen-bond acceptors (Lipinski definition) is 3. The lowest BCUT2D eigenvalue weighted by Crippen LogP contribution is -2.53. The Bertz CT molecular complexity index is 1200. The van der Waals surface area contributed by atoms with E-state index in [9.17, 15) is 9.59 Å². The molecule has 1 N–H and O–H groups in total. The van der Waals surface area contributed by atoms with Gasteiger partial charge in [0.1, 0.15) is 11.8 Å². The summed E-state index contributed by atoms with van der Waals surface area (Å²) >= 11 is 12.6. The predicted molar refractivity (Wildman–Crippen MR) is 148 cm³/mol. The highest BCUT2D eigenvalue weighted by atomic mass is 35.5. The first-order valence-corrected chi connectivity index (χ1v) is 13.4. The molecule has 3 aromatic carbocycles. The minimum Gasteiger partial charge on any atom is -0.484 e. The van der Waals surface area contributed by atoms with E-state index in [0.717, 1.165) is 36.8 Å². The Balaban J connectivity index is 1.63. The highest BCUT2D eigenvalue weighted by molar-refractivity contribution is 6.35. The lowest BCUT2D eigenvalue weighted by atomic mass is 10.0. The molecule has 1 saturated carbocycles. The molecule has 1 fully saturated rings. The molecule has 4 rings (SSSR count). The van der Waals surface area contributed by atoms with Crippen LogP contribution in [-0.2, 0) is 22.6 Å². The number of benzene rings is 3. The number of amides is 2. The number of rotatable bonds is 10. The lowest BCUT2D eigenvalue weighted by molar-refractivity contribution is -0.143. The molecule has 3 aromatic rings. The van der Waals surface area contributed by atoms with Crippen LogP contribution in [0.25, 0.3) is 0 Å². The van der Waals surface area contributed by atoms with Crippen LogP contribution >= 0.6 is 23.2 Å². The van der Waals surface area contributed by atoms with Gasteiger partial charge in [0.05, 0.1) is 0 Å². The van der Waals surface area contributed by atoms with E-state index >= 15 is 0 Å². The summed E-state index contributed by atoms with van der Waals surface area (Å²) in [5.41, 5.74) is 2.78. The molecule has 37 heavy (non-hydrogen) atoms. The molecule has 0 heterocycles. The number of halogens is 2. The van der Waals surface area contributed by atoms with Crippen molar-refractivity contribution in [1.29, 1.82) is 0 Å². The van der Waals surface area contributed by atoms with Gasteiger partial charge in [-0.05, 0) is 55.2 Å². The van der Waals surface area contributed by atoms with E-state index in [1.54, 1.807) is 23.1 Å². The van der Waals surface area contributed by atoms with Gasteiger partial charge in [0, 0.05) is 29.1 Å². The second kappa shape index (κ2) is 13.0. The van der Waals surface area contributed by atoms with Gasteiger partial charge in [0.15, 0.2) is 6.61 Å². The molecule has 0 aliphatic heterocycles. The minimum atomic E-state index is -0.733. The van der Waals surface area contributed by atoms with Crippen molar-refractivity contribution in [2.45, 2.75) is 57.7 Å². The van der Waals surface area contributed by atoms with Crippen molar-refractivity contribution in [2.75, 3.05) is 6.61 Å². The third-order valence-electron chi connectivity index (χ3n) is 6.71. The van der Waals surface area contributed by atoms with Crippen molar-refractivity contribution >= 4 is 35.0 Å². The number of hydrogen-bond donors (Lipinski definition) is 1. The Labute approximate surface area is 228 Å². The number of carbonyl (C=O) groups is 2. The highest BCUT2D eigenvalue weighted by Crippen LogP contribution is 2.25. The Morgan fingerprint density at radius 3 is 2.38 bits per heavy atom. The Kier molecular flexibility index (Phi) is 9.48. The van der Waals surface area contributed by atoms with Crippen LogP contribution in [0.4, 0.5) is 0 Å². The lowest BCUT2D eigenvalue weighted by Gasteiger charge is -2.32. The molecule has 0 bridgehead atoms. The fourth-order valence-corrected chi connectivity index (χ4v) is 5.09. The Morgan fingerprint density at radius 2 is 1.70 bits per heavy atom. The zero-order valence-electron chi connectivity index (χ0n) is 21.0. The molecule has 5 nitrogen and oxygen atoms in total. The molecule has 194 valence electrons. The van der Waals surface area contributed by atoms with E-state index in [1.807, 2.05) is 61.5 Å². The van der Waals surface area contributed by atoms with Crippen molar-refractivity contribution in [1.82, 2.24) is 10.2 Å². The molecule has 0 unspecified atom stereocenters. The van der Waals surface area contributed by atoms with Gasteiger partial charge in [-0.15, -0.1) is 0 Å². The van der Waals surface area contributed by atoms with E-state index in [1.165, 1.54) is 0 Å². The van der Waals surface area contributed by atoms with Crippen LogP contribution < -0.4 is 10.1 Å². The topological polar surface area (TPSA) is 58.6 Å². The predicted octanol–water partition coefficient (Wildman–Crippen LogP) is 6.38. The van der Waals surface area contributed by atoms with Crippen LogP contribution in [0.1, 0.15) is 42.4 Å². The number of nitrogens with zero attached hydrogens (tertiary/aromatic N) is 1. The monoisotopic (exact) mass is 538 g/mol. The van der Waals surface area contributed by atoms with Gasteiger partial charge >= 0.3 is 0 Å². The standard InChI is InChI=1S/C30H32Cl2N2O3/c1-21-11-15-26(16-12-21)37-20-29(35)34(19-23-13-14-24(31)18-27(23)32)28(17-22-7-3-2-4-8-22)30(36)33-25-9-5-6-10-25/h2-4,7-8,11-16,18,25,28H,5-6,9-10,17,19-20H2,1H3,(H,33,36)/t28-/m1/s1. The van der Waals surface area contributed by atoms with Gasteiger partial charge in [-0.3, -0.25) is 9.59 Å². The highest BCUT2D eigenvalue weighted by Gasteiger charge is 2.32. The molecule has 0 radical (unpaired) electrons. The average molecular weight is 540 g/mol. The van der Waals surface area contributed by atoms with Gasteiger partial charge in [0.25, 0.3) is 5.91 Å². The van der Waals surface area contributed by atoms with Crippen LogP contribution in [0.5, 0.6) is 5.75 Å². The smallest absolute Gasteiger partial charge is 0.261 e. The third-order valence-corrected chi connectivity index (χ3v) is 7.30. The van der Waals surface area contributed by atoms with Crippen molar-refractivity contribution in [3.05, 3.63) is 99.5 Å². The van der Waals surface area contributed by atoms with Crippen LogP contribution in [0.15, 0.2) is 72.8 Å².